The normalized spacial score (nSPS) is 11.6. The van der Waals surface area contributed by atoms with Crippen molar-refractivity contribution < 1.29 is 14.7 Å². The number of rotatable bonds is 8. The molecular weight excluding hydrogens is 244 g/mol. The maximum Gasteiger partial charge on any atom is 0.303 e. The molecule has 0 fully saturated rings. The number of carbonyl (C=O) groups is 2. The fraction of sp³-hybridized carbons (Fsp3) is 0.429. The van der Waals surface area contributed by atoms with Gasteiger partial charge in [-0.2, -0.15) is 0 Å². The van der Waals surface area contributed by atoms with E-state index in [0.29, 0.717) is 12.8 Å². The summed E-state index contributed by atoms with van der Waals surface area (Å²) >= 11 is 0. The van der Waals surface area contributed by atoms with E-state index in [1.165, 1.54) is 0 Å². The van der Waals surface area contributed by atoms with E-state index in [9.17, 15) is 9.59 Å². The van der Waals surface area contributed by atoms with E-state index in [2.05, 4.69) is 10.6 Å². The fourth-order valence-electron chi connectivity index (χ4n) is 1.70. The van der Waals surface area contributed by atoms with Crippen molar-refractivity contribution in [1.82, 2.24) is 5.32 Å². The van der Waals surface area contributed by atoms with Crippen LogP contribution in [0.1, 0.15) is 26.2 Å². The average molecular weight is 264 g/mol. The first-order valence-corrected chi connectivity index (χ1v) is 6.38. The molecule has 0 aliphatic heterocycles. The van der Waals surface area contributed by atoms with Crippen molar-refractivity contribution in [2.75, 3.05) is 11.9 Å². The second-order valence-electron chi connectivity index (χ2n) is 4.47. The Morgan fingerprint density at radius 3 is 2.58 bits per heavy atom. The van der Waals surface area contributed by atoms with Crippen molar-refractivity contribution in [3.05, 3.63) is 30.3 Å². The Kier molecular flexibility index (Phi) is 6.43. The molecule has 0 spiro atoms. The lowest BCUT2D eigenvalue weighted by molar-refractivity contribution is -0.137. The Hall–Kier alpha value is -2.04. The summed E-state index contributed by atoms with van der Waals surface area (Å²) in [6, 6.07) is 9.48. The molecule has 0 aliphatic carbocycles. The quantitative estimate of drug-likeness (QED) is 0.669. The van der Waals surface area contributed by atoms with Gasteiger partial charge in [0.05, 0.1) is 6.54 Å². The standard InChI is InChI=1S/C14H20N2O3/c1-11(6-5-9-14(18)19)16-13(17)10-15-12-7-3-2-4-8-12/h2-4,7-8,11,15H,5-6,9-10H2,1H3,(H,16,17)(H,18,19). The van der Waals surface area contributed by atoms with Crippen LogP contribution in [0.2, 0.25) is 0 Å². The van der Waals surface area contributed by atoms with Gasteiger partial charge >= 0.3 is 5.97 Å². The zero-order valence-electron chi connectivity index (χ0n) is 11.1. The van der Waals surface area contributed by atoms with Gasteiger partial charge in [0.15, 0.2) is 0 Å². The Morgan fingerprint density at radius 1 is 1.26 bits per heavy atom. The van der Waals surface area contributed by atoms with Gasteiger partial charge in [0, 0.05) is 18.2 Å². The molecule has 104 valence electrons. The summed E-state index contributed by atoms with van der Waals surface area (Å²) in [7, 11) is 0. The van der Waals surface area contributed by atoms with Gasteiger partial charge in [0.2, 0.25) is 5.91 Å². The Bertz CT molecular complexity index is 406. The van der Waals surface area contributed by atoms with Gasteiger partial charge in [-0.05, 0) is 31.9 Å². The number of carbonyl (C=O) groups excluding carboxylic acids is 1. The molecule has 1 atom stereocenters. The molecule has 0 aliphatic rings. The molecular formula is C14H20N2O3. The van der Waals surface area contributed by atoms with E-state index in [-0.39, 0.29) is 24.9 Å². The highest BCUT2D eigenvalue weighted by molar-refractivity contribution is 5.80. The average Bonchev–Trinajstić information content (AvgIpc) is 2.37. The molecule has 1 rings (SSSR count). The molecule has 0 heterocycles. The predicted octanol–water partition coefficient (Wildman–Crippen LogP) is 1.86. The van der Waals surface area contributed by atoms with Crippen LogP contribution in [-0.4, -0.2) is 29.6 Å². The molecule has 0 saturated heterocycles. The van der Waals surface area contributed by atoms with Crippen molar-refractivity contribution in [3.63, 3.8) is 0 Å². The van der Waals surface area contributed by atoms with Crippen molar-refractivity contribution in [1.29, 1.82) is 0 Å². The van der Waals surface area contributed by atoms with E-state index in [1.807, 2.05) is 37.3 Å². The highest BCUT2D eigenvalue weighted by Gasteiger charge is 2.07. The number of benzene rings is 1. The summed E-state index contributed by atoms with van der Waals surface area (Å²) in [5, 5.41) is 14.4. The van der Waals surface area contributed by atoms with Crippen LogP contribution in [0.25, 0.3) is 0 Å². The number of carboxylic acids is 1. The molecule has 0 bridgehead atoms. The molecule has 3 N–H and O–H groups in total. The third-order valence-corrected chi connectivity index (χ3v) is 2.66. The van der Waals surface area contributed by atoms with E-state index < -0.39 is 5.97 Å². The van der Waals surface area contributed by atoms with E-state index in [4.69, 9.17) is 5.11 Å². The number of hydrogen-bond donors (Lipinski definition) is 3. The van der Waals surface area contributed by atoms with Crippen LogP contribution < -0.4 is 10.6 Å². The molecule has 5 heteroatoms. The number of para-hydroxylation sites is 1. The van der Waals surface area contributed by atoms with Crippen LogP contribution in [0, 0.1) is 0 Å². The summed E-state index contributed by atoms with van der Waals surface area (Å²) in [5.41, 5.74) is 0.899. The second kappa shape index (κ2) is 8.13. The van der Waals surface area contributed by atoms with Gasteiger partial charge in [0.25, 0.3) is 0 Å². The number of amides is 1. The summed E-state index contributed by atoms with van der Waals surface area (Å²) < 4.78 is 0. The highest BCUT2D eigenvalue weighted by atomic mass is 16.4. The minimum Gasteiger partial charge on any atom is -0.481 e. The first-order chi connectivity index (χ1) is 9.08. The molecule has 1 aromatic carbocycles. The van der Waals surface area contributed by atoms with Crippen LogP contribution >= 0.6 is 0 Å². The summed E-state index contributed by atoms with van der Waals surface area (Å²) in [6.45, 7) is 2.09. The molecule has 1 aromatic rings. The molecule has 0 saturated carbocycles. The topological polar surface area (TPSA) is 78.4 Å². The number of anilines is 1. The second-order valence-corrected chi connectivity index (χ2v) is 4.47. The minimum absolute atomic E-state index is 0.00979. The lowest BCUT2D eigenvalue weighted by atomic mass is 10.1. The predicted molar refractivity (Wildman–Crippen MR) is 74.0 cm³/mol. The number of nitrogens with one attached hydrogen (secondary N) is 2. The smallest absolute Gasteiger partial charge is 0.303 e. The third-order valence-electron chi connectivity index (χ3n) is 2.66. The van der Waals surface area contributed by atoms with Crippen molar-refractivity contribution in [3.8, 4) is 0 Å². The van der Waals surface area contributed by atoms with E-state index >= 15 is 0 Å². The molecule has 0 radical (unpaired) electrons. The van der Waals surface area contributed by atoms with Crippen LogP contribution in [0.5, 0.6) is 0 Å². The SMILES string of the molecule is CC(CCCC(=O)O)NC(=O)CNc1ccccc1. The number of carboxylic acid groups (broad SMARTS) is 1. The van der Waals surface area contributed by atoms with Gasteiger partial charge in [-0.15, -0.1) is 0 Å². The van der Waals surface area contributed by atoms with Gasteiger partial charge < -0.3 is 15.7 Å². The van der Waals surface area contributed by atoms with Gasteiger partial charge in [-0.1, -0.05) is 18.2 Å². The fourth-order valence-corrected chi connectivity index (χ4v) is 1.70. The molecule has 1 amide bonds. The maximum absolute atomic E-state index is 11.6. The number of hydrogen-bond acceptors (Lipinski definition) is 3. The van der Waals surface area contributed by atoms with E-state index in [0.717, 1.165) is 5.69 Å². The van der Waals surface area contributed by atoms with Crippen LogP contribution in [-0.2, 0) is 9.59 Å². The lowest BCUT2D eigenvalue weighted by Crippen LogP contribution is -2.36. The van der Waals surface area contributed by atoms with E-state index in [1.54, 1.807) is 0 Å². The van der Waals surface area contributed by atoms with Crippen molar-refractivity contribution in [2.45, 2.75) is 32.2 Å². The van der Waals surface area contributed by atoms with Crippen molar-refractivity contribution in [2.24, 2.45) is 0 Å². The monoisotopic (exact) mass is 264 g/mol. The van der Waals surface area contributed by atoms with Gasteiger partial charge in [0.1, 0.15) is 0 Å². The third kappa shape index (κ3) is 7.08. The van der Waals surface area contributed by atoms with Crippen LogP contribution in [0.3, 0.4) is 0 Å². The largest absolute Gasteiger partial charge is 0.481 e. The zero-order chi connectivity index (χ0) is 14.1. The molecule has 5 nitrogen and oxygen atoms in total. The zero-order valence-corrected chi connectivity index (χ0v) is 11.1. The lowest BCUT2D eigenvalue weighted by Gasteiger charge is -2.14. The Labute approximate surface area is 113 Å². The summed E-state index contributed by atoms with van der Waals surface area (Å²) in [6.07, 6.45) is 1.38. The Morgan fingerprint density at radius 2 is 1.95 bits per heavy atom. The molecule has 19 heavy (non-hydrogen) atoms. The molecule has 1 unspecified atom stereocenters. The minimum atomic E-state index is -0.802. The first-order valence-electron chi connectivity index (χ1n) is 6.38. The first kappa shape index (κ1) is 15.0. The highest BCUT2D eigenvalue weighted by Crippen LogP contribution is 2.04. The van der Waals surface area contributed by atoms with Crippen molar-refractivity contribution >= 4 is 17.6 Å². The summed E-state index contributed by atoms with van der Waals surface area (Å²) in [4.78, 5) is 22.0. The number of aliphatic carboxylic acids is 1. The van der Waals surface area contributed by atoms with Crippen LogP contribution in [0.15, 0.2) is 30.3 Å². The van der Waals surface area contributed by atoms with Gasteiger partial charge in [-0.25, -0.2) is 0 Å². The summed E-state index contributed by atoms with van der Waals surface area (Å²) in [5.74, 6) is -0.893. The van der Waals surface area contributed by atoms with Gasteiger partial charge in [-0.3, -0.25) is 9.59 Å². The van der Waals surface area contributed by atoms with Crippen LogP contribution in [0.4, 0.5) is 5.69 Å². The maximum atomic E-state index is 11.6. The molecule has 0 aromatic heterocycles. The Balaban J connectivity index is 2.18.